The van der Waals surface area contributed by atoms with Crippen molar-refractivity contribution in [3.8, 4) is 0 Å². The molecule has 0 saturated carbocycles. The van der Waals surface area contributed by atoms with E-state index in [9.17, 15) is 0 Å². The van der Waals surface area contributed by atoms with E-state index in [-0.39, 0.29) is 0 Å². The van der Waals surface area contributed by atoms with E-state index in [1.54, 1.807) is 18.2 Å². The molecule has 0 aromatic carbocycles. The van der Waals surface area contributed by atoms with Crippen molar-refractivity contribution in [1.29, 1.82) is 5.41 Å². The summed E-state index contributed by atoms with van der Waals surface area (Å²) in [5.74, 6) is 0. The number of hydrogen-bond donors (Lipinski definition) is 1. The van der Waals surface area contributed by atoms with Gasteiger partial charge in [-0.15, -0.1) is 5.73 Å². The summed E-state index contributed by atoms with van der Waals surface area (Å²) in [6.45, 7) is 3.33. The van der Waals surface area contributed by atoms with E-state index >= 15 is 0 Å². The highest BCUT2D eigenvalue weighted by Gasteiger charge is 1.51. The summed E-state index contributed by atoms with van der Waals surface area (Å²) in [6.07, 6.45) is 6.14. The van der Waals surface area contributed by atoms with Crippen LogP contribution in [0.5, 0.6) is 0 Å². The lowest BCUT2D eigenvalue weighted by molar-refractivity contribution is 1.58. The topological polar surface area (TPSA) is 23.9 Å². The highest BCUT2D eigenvalue weighted by atomic mass is 14.3. The van der Waals surface area contributed by atoms with Crippen LogP contribution in [0.1, 0.15) is 0 Å². The van der Waals surface area contributed by atoms with Crippen LogP contribution in [-0.2, 0) is 0 Å². The van der Waals surface area contributed by atoms with Gasteiger partial charge >= 0.3 is 0 Å². The predicted octanol–water partition coefficient (Wildman–Crippen LogP) is 1.53. The summed E-state index contributed by atoms with van der Waals surface area (Å²) in [5, 5.41) is 6.50. The average Bonchev–Trinajstić information content (AvgIpc) is 1.69. The lowest BCUT2D eigenvalue weighted by atomic mass is 10.5. The summed E-state index contributed by atoms with van der Waals surface area (Å²) < 4.78 is 0. The zero-order chi connectivity index (χ0) is 5.54. The average molecular weight is 93.1 g/mol. The first-order valence-corrected chi connectivity index (χ1v) is 1.93. The maximum atomic E-state index is 6.50. The molecule has 0 saturated heterocycles. The monoisotopic (exact) mass is 93.1 g/mol. The van der Waals surface area contributed by atoms with Crippen molar-refractivity contribution >= 4 is 6.21 Å². The molecule has 0 aliphatic heterocycles. The Morgan fingerprint density at radius 3 is 2.57 bits per heavy atom. The zero-order valence-electron chi connectivity index (χ0n) is 4.02. The van der Waals surface area contributed by atoms with Gasteiger partial charge in [-0.25, -0.2) is 0 Å². The fourth-order valence-electron chi connectivity index (χ4n) is 0.179. The third kappa shape index (κ3) is 4.93. The fourth-order valence-corrected chi connectivity index (χ4v) is 0.179. The second-order valence-electron chi connectivity index (χ2n) is 0.922. The molecule has 0 heterocycles. The Hall–Kier alpha value is -1.07. The van der Waals surface area contributed by atoms with E-state index in [1.807, 2.05) is 0 Å². The molecule has 1 N–H and O–H groups in total. The lowest BCUT2D eigenvalue weighted by Crippen LogP contribution is -1.50. The van der Waals surface area contributed by atoms with Gasteiger partial charge in [0.15, 0.2) is 0 Å². The molecule has 0 fully saturated rings. The number of allylic oxidation sites excluding steroid dienone is 3. The van der Waals surface area contributed by atoms with Crippen molar-refractivity contribution in [2.45, 2.75) is 0 Å². The molecule has 1 nitrogen and oxygen atoms in total. The molecule has 36 valence electrons. The van der Waals surface area contributed by atoms with Crippen LogP contribution in [0, 0.1) is 5.41 Å². The Morgan fingerprint density at radius 2 is 2.14 bits per heavy atom. The van der Waals surface area contributed by atoms with E-state index in [0.29, 0.717) is 0 Å². The third-order valence-corrected chi connectivity index (χ3v) is 0.421. The normalized spacial score (nSPS) is 8.00. The van der Waals surface area contributed by atoms with Crippen molar-refractivity contribution in [3.05, 3.63) is 30.5 Å². The summed E-state index contributed by atoms with van der Waals surface area (Å²) in [6, 6.07) is 0. The van der Waals surface area contributed by atoms with E-state index in [2.05, 4.69) is 12.3 Å². The zero-order valence-corrected chi connectivity index (χ0v) is 4.02. The van der Waals surface area contributed by atoms with Gasteiger partial charge in [0.2, 0.25) is 0 Å². The summed E-state index contributed by atoms with van der Waals surface area (Å²) in [5.41, 5.74) is 2.54. The molecule has 0 aliphatic rings. The molecule has 0 unspecified atom stereocenters. The molecule has 0 aliphatic carbocycles. The maximum absolute atomic E-state index is 6.50. The van der Waals surface area contributed by atoms with Crippen molar-refractivity contribution in [1.82, 2.24) is 0 Å². The van der Waals surface area contributed by atoms with Crippen molar-refractivity contribution in [2.75, 3.05) is 0 Å². The van der Waals surface area contributed by atoms with Gasteiger partial charge in [0.25, 0.3) is 0 Å². The van der Waals surface area contributed by atoms with Gasteiger partial charge in [-0.1, -0.05) is 12.7 Å². The number of rotatable bonds is 2. The summed E-state index contributed by atoms with van der Waals surface area (Å²) >= 11 is 0. The predicted molar refractivity (Wildman–Crippen MR) is 31.6 cm³/mol. The van der Waals surface area contributed by atoms with Crippen LogP contribution < -0.4 is 0 Å². The highest BCUT2D eigenvalue weighted by molar-refractivity contribution is 5.67. The molecule has 0 amide bonds. The summed E-state index contributed by atoms with van der Waals surface area (Å²) in [7, 11) is 0. The largest absolute Gasteiger partial charge is 0.309 e. The Kier molecular flexibility index (Phi) is 4.18. The van der Waals surface area contributed by atoms with Crippen LogP contribution in [0.2, 0.25) is 0 Å². The molecule has 0 aromatic heterocycles. The first kappa shape index (κ1) is 5.93. The Balaban J connectivity index is 3.47. The Bertz CT molecular complexity index is 116. The minimum atomic E-state index is 1.20. The smallest absolute Gasteiger partial charge is 0.0177 e. The lowest BCUT2D eigenvalue weighted by Gasteiger charge is -1.60. The first-order valence-electron chi connectivity index (χ1n) is 1.93. The quantitative estimate of drug-likeness (QED) is 0.304. The molecule has 1 heteroatoms. The Morgan fingerprint density at radius 1 is 1.43 bits per heavy atom. The first-order chi connectivity index (χ1) is 3.41. The number of hydrogen-bond acceptors (Lipinski definition) is 1. The highest BCUT2D eigenvalue weighted by Crippen LogP contribution is 1.66. The minimum Gasteiger partial charge on any atom is -0.309 e. The van der Waals surface area contributed by atoms with Gasteiger partial charge in [-0.2, -0.15) is 0 Å². The van der Waals surface area contributed by atoms with Crippen LogP contribution in [0.15, 0.2) is 30.5 Å². The number of nitrogens with one attached hydrogen (secondary N) is 1. The molecular weight excluding hydrogens is 86.1 g/mol. The van der Waals surface area contributed by atoms with Crippen molar-refractivity contribution in [3.63, 3.8) is 0 Å². The van der Waals surface area contributed by atoms with Gasteiger partial charge in [0.1, 0.15) is 0 Å². The van der Waals surface area contributed by atoms with Crippen LogP contribution in [0.25, 0.3) is 0 Å². The van der Waals surface area contributed by atoms with Gasteiger partial charge in [-0.3, -0.25) is 0 Å². The molecule has 0 aromatic rings. The van der Waals surface area contributed by atoms with Gasteiger partial charge in [-0.05, 0) is 12.2 Å². The van der Waals surface area contributed by atoms with Gasteiger partial charge in [0, 0.05) is 6.21 Å². The molecule has 0 radical (unpaired) electrons. The molecule has 7 heavy (non-hydrogen) atoms. The van der Waals surface area contributed by atoms with Crippen molar-refractivity contribution in [2.24, 2.45) is 0 Å². The third-order valence-electron chi connectivity index (χ3n) is 0.421. The van der Waals surface area contributed by atoms with E-state index in [1.165, 1.54) is 6.21 Å². The van der Waals surface area contributed by atoms with Crippen LogP contribution >= 0.6 is 0 Å². The van der Waals surface area contributed by atoms with Crippen LogP contribution in [-0.4, -0.2) is 6.21 Å². The van der Waals surface area contributed by atoms with Crippen molar-refractivity contribution < 1.29 is 0 Å². The van der Waals surface area contributed by atoms with Crippen LogP contribution in [0.3, 0.4) is 0 Å². The molecule has 0 bridgehead atoms. The standard InChI is InChI=1S/C6H7N/c1-2-3-4-5-6-7/h3-7H,1H2. The van der Waals surface area contributed by atoms with E-state index in [0.717, 1.165) is 0 Å². The van der Waals surface area contributed by atoms with Gasteiger partial charge < -0.3 is 5.41 Å². The summed E-state index contributed by atoms with van der Waals surface area (Å²) in [4.78, 5) is 0. The maximum Gasteiger partial charge on any atom is 0.0177 e. The SMILES string of the molecule is C=C=CC=CC=N. The van der Waals surface area contributed by atoms with E-state index in [4.69, 9.17) is 5.41 Å². The molecule has 0 spiro atoms. The molecule has 0 atom stereocenters. The molecule has 0 rings (SSSR count). The van der Waals surface area contributed by atoms with Gasteiger partial charge in [0.05, 0.1) is 0 Å². The Labute approximate surface area is 43.2 Å². The fraction of sp³-hybridized carbons (Fsp3) is 0. The molecular formula is C6H7N. The second kappa shape index (κ2) is 4.93. The van der Waals surface area contributed by atoms with Crippen LogP contribution in [0.4, 0.5) is 0 Å². The second-order valence-corrected chi connectivity index (χ2v) is 0.922. The van der Waals surface area contributed by atoms with E-state index < -0.39 is 0 Å². The minimum absolute atomic E-state index is 1.20.